The largest absolute Gasteiger partial charge is 0.308 e. The Bertz CT molecular complexity index is 4010. The molecule has 0 aliphatic carbocycles. The zero-order chi connectivity index (χ0) is 45.0. The first kappa shape index (κ1) is 39.2. The van der Waals surface area contributed by atoms with Gasteiger partial charge in [0.1, 0.15) is 0 Å². The third-order valence-corrected chi connectivity index (χ3v) is 13.2. The van der Waals surface area contributed by atoms with Gasteiger partial charge in [0.15, 0.2) is 11.6 Å². The number of aromatic nitrogens is 5. The van der Waals surface area contributed by atoms with Gasteiger partial charge in [0.25, 0.3) is 0 Å². The molecule has 0 fully saturated rings. The Balaban J connectivity index is 1.12. The summed E-state index contributed by atoms with van der Waals surface area (Å²) in [5.74, 6) is 1.76. The minimum Gasteiger partial charge on any atom is -0.308 e. The smallest absolute Gasteiger partial charge is 0.238 e. The van der Waals surface area contributed by atoms with E-state index >= 15 is 0 Å². The lowest BCUT2D eigenvalue weighted by Gasteiger charge is -2.19. The van der Waals surface area contributed by atoms with Crippen molar-refractivity contribution in [2.75, 3.05) is 0 Å². The van der Waals surface area contributed by atoms with Gasteiger partial charge in [-0.15, -0.1) is 0 Å². The van der Waals surface area contributed by atoms with E-state index in [1.165, 1.54) is 11.1 Å². The van der Waals surface area contributed by atoms with Gasteiger partial charge in [0.05, 0.1) is 27.8 Å². The van der Waals surface area contributed by atoms with Crippen molar-refractivity contribution < 1.29 is 0 Å². The predicted octanol–water partition coefficient (Wildman–Crippen LogP) is 16.1. The summed E-state index contributed by atoms with van der Waals surface area (Å²) in [4.78, 5) is 16.0. The molecule has 0 N–H and O–H groups in total. The first-order valence-corrected chi connectivity index (χ1v) is 23.0. The molecular formula is C63H41N5. The van der Waals surface area contributed by atoms with Gasteiger partial charge in [0.2, 0.25) is 5.95 Å². The summed E-state index contributed by atoms with van der Waals surface area (Å²) >= 11 is 0. The standard InChI is InChI=1S/C63H41N5/c1-5-20-42(21-6-1)46-28-17-30-48(40-46)51-35-19-34-50(44-24-9-3-10-25-44)59(51)67-56-37-16-14-33-54(56)58-57(67)39-38-53-52-32-13-15-36-55(52)68(60(53)58)63-65-61(45-26-11-4-12-27-45)64-62(66-63)49-31-18-29-47(41-49)43-22-7-2-8-23-43/h1-41H. The van der Waals surface area contributed by atoms with Gasteiger partial charge in [-0.1, -0.05) is 218 Å². The lowest BCUT2D eigenvalue weighted by molar-refractivity contribution is 0.955. The lowest BCUT2D eigenvalue weighted by atomic mass is 9.93. The fourth-order valence-electron chi connectivity index (χ4n) is 10.1. The van der Waals surface area contributed by atoms with Gasteiger partial charge in [-0.25, -0.2) is 4.98 Å². The molecule has 0 saturated heterocycles. The zero-order valence-corrected chi connectivity index (χ0v) is 36.9. The summed E-state index contributed by atoms with van der Waals surface area (Å²) in [6, 6.07) is 88.3. The van der Waals surface area contributed by atoms with Crippen LogP contribution < -0.4 is 0 Å². The fourth-order valence-corrected chi connectivity index (χ4v) is 10.1. The molecule has 5 nitrogen and oxygen atoms in total. The van der Waals surface area contributed by atoms with Crippen LogP contribution in [0.1, 0.15) is 0 Å². The fraction of sp³-hybridized carbons (Fsp3) is 0. The van der Waals surface area contributed by atoms with Crippen LogP contribution in [0.25, 0.3) is 123 Å². The monoisotopic (exact) mass is 867 g/mol. The molecule has 0 aliphatic heterocycles. The number of nitrogens with zero attached hydrogens (tertiary/aromatic N) is 5. The number of hydrogen-bond acceptors (Lipinski definition) is 3. The van der Waals surface area contributed by atoms with Crippen LogP contribution in [-0.4, -0.2) is 24.1 Å². The first-order valence-electron chi connectivity index (χ1n) is 23.0. The third kappa shape index (κ3) is 6.59. The molecule has 0 saturated carbocycles. The van der Waals surface area contributed by atoms with E-state index in [1.807, 2.05) is 24.3 Å². The highest BCUT2D eigenvalue weighted by Gasteiger charge is 2.25. The van der Waals surface area contributed by atoms with Crippen molar-refractivity contribution in [3.63, 3.8) is 0 Å². The van der Waals surface area contributed by atoms with Gasteiger partial charge < -0.3 is 4.57 Å². The van der Waals surface area contributed by atoms with E-state index in [1.54, 1.807) is 0 Å². The minimum atomic E-state index is 0.553. The van der Waals surface area contributed by atoms with E-state index in [-0.39, 0.29) is 0 Å². The third-order valence-electron chi connectivity index (χ3n) is 13.2. The normalized spacial score (nSPS) is 11.5. The molecule has 3 aromatic heterocycles. The molecule has 10 aromatic carbocycles. The molecular weight excluding hydrogens is 827 g/mol. The Kier molecular flexibility index (Phi) is 9.43. The molecule has 318 valence electrons. The molecule has 3 heterocycles. The van der Waals surface area contributed by atoms with Crippen molar-refractivity contribution in [3.05, 3.63) is 249 Å². The second kappa shape index (κ2) is 16.4. The Morgan fingerprint density at radius 2 is 0.721 bits per heavy atom. The molecule has 0 spiro atoms. The molecule has 0 atom stereocenters. The maximum Gasteiger partial charge on any atom is 0.238 e. The van der Waals surface area contributed by atoms with Crippen LogP contribution in [-0.2, 0) is 0 Å². The maximum absolute atomic E-state index is 5.43. The van der Waals surface area contributed by atoms with Crippen molar-refractivity contribution >= 4 is 43.6 Å². The van der Waals surface area contributed by atoms with Crippen LogP contribution in [0.15, 0.2) is 249 Å². The zero-order valence-electron chi connectivity index (χ0n) is 36.9. The average Bonchev–Trinajstić information content (AvgIpc) is 3.94. The second-order valence-electron chi connectivity index (χ2n) is 17.2. The number of hydrogen-bond donors (Lipinski definition) is 0. The number of para-hydroxylation sites is 3. The van der Waals surface area contributed by atoms with Gasteiger partial charge >= 0.3 is 0 Å². The molecule has 13 aromatic rings. The van der Waals surface area contributed by atoms with Gasteiger partial charge in [-0.2, -0.15) is 9.97 Å². The van der Waals surface area contributed by atoms with E-state index in [2.05, 4.69) is 234 Å². The summed E-state index contributed by atoms with van der Waals surface area (Å²) in [5, 5.41) is 4.50. The van der Waals surface area contributed by atoms with Crippen LogP contribution in [0.4, 0.5) is 0 Å². The Morgan fingerprint density at radius 3 is 1.37 bits per heavy atom. The molecule has 0 aliphatic rings. The average molecular weight is 868 g/mol. The quantitative estimate of drug-likeness (QED) is 0.153. The molecule has 13 rings (SSSR count). The second-order valence-corrected chi connectivity index (χ2v) is 17.2. The molecule has 68 heavy (non-hydrogen) atoms. The number of fused-ring (bicyclic) bond motifs is 7. The summed E-state index contributed by atoms with van der Waals surface area (Å²) in [7, 11) is 0. The van der Waals surface area contributed by atoms with Gasteiger partial charge in [-0.05, 0) is 63.7 Å². The summed E-state index contributed by atoms with van der Waals surface area (Å²) in [5.41, 5.74) is 16.3. The highest BCUT2D eigenvalue weighted by atomic mass is 15.2. The SMILES string of the molecule is c1ccc(-c2cccc(-c3nc(-c4ccccc4)nc(-n4c5ccccc5c5ccc6c(c7ccccc7n6-c6c(-c7ccccc7)cccc6-c6cccc(-c7ccccc7)c6)c54)n3)c2)cc1. The highest BCUT2D eigenvalue weighted by molar-refractivity contribution is 6.26. The summed E-state index contributed by atoms with van der Waals surface area (Å²) in [6.07, 6.45) is 0. The molecule has 0 radical (unpaired) electrons. The Morgan fingerprint density at radius 1 is 0.265 bits per heavy atom. The number of benzene rings is 10. The van der Waals surface area contributed by atoms with Crippen LogP contribution in [0.5, 0.6) is 0 Å². The topological polar surface area (TPSA) is 48.5 Å². The van der Waals surface area contributed by atoms with E-state index in [0.717, 1.165) is 93.8 Å². The van der Waals surface area contributed by atoms with E-state index < -0.39 is 0 Å². The molecule has 5 heteroatoms. The van der Waals surface area contributed by atoms with Gasteiger partial charge in [-0.3, -0.25) is 4.57 Å². The molecule has 0 amide bonds. The van der Waals surface area contributed by atoms with Crippen molar-refractivity contribution in [1.29, 1.82) is 0 Å². The Labute approximate surface area is 393 Å². The van der Waals surface area contributed by atoms with Crippen LogP contribution in [0.2, 0.25) is 0 Å². The lowest BCUT2D eigenvalue weighted by Crippen LogP contribution is -2.06. The minimum absolute atomic E-state index is 0.553. The van der Waals surface area contributed by atoms with Crippen molar-refractivity contribution in [2.24, 2.45) is 0 Å². The predicted molar refractivity (Wildman–Crippen MR) is 281 cm³/mol. The van der Waals surface area contributed by atoms with Crippen LogP contribution in [0, 0.1) is 0 Å². The summed E-state index contributed by atoms with van der Waals surface area (Å²) in [6.45, 7) is 0. The molecule has 0 unspecified atom stereocenters. The van der Waals surface area contributed by atoms with Crippen molar-refractivity contribution in [2.45, 2.75) is 0 Å². The van der Waals surface area contributed by atoms with Crippen molar-refractivity contribution in [3.8, 4) is 78.9 Å². The van der Waals surface area contributed by atoms with Crippen LogP contribution in [0.3, 0.4) is 0 Å². The maximum atomic E-state index is 5.43. The Hall–Kier alpha value is -9.19. The van der Waals surface area contributed by atoms with Gasteiger partial charge in [0, 0.05) is 43.8 Å². The highest BCUT2D eigenvalue weighted by Crippen LogP contribution is 2.46. The van der Waals surface area contributed by atoms with Crippen molar-refractivity contribution in [1.82, 2.24) is 24.1 Å². The molecule has 0 bridgehead atoms. The van der Waals surface area contributed by atoms with Crippen LogP contribution >= 0.6 is 0 Å². The van der Waals surface area contributed by atoms with E-state index in [0.29, 0.717) is 17.6 Å². The van der Waals surface area contributed by atoms with E-state index in [4.69, 9.17) is 15.0 Å². The van der Waals surface area contributed by atoms with E-state index in [9.17, 15) is 0 Å². The number of rotatable bonds is 8. The first-order chi connectivity index (χ1) is 33.7. The summed E-state index contributed by atoms with van der Waals surface area (Å²) < 4.78 is 4.76.